The molecule has 0 aliphatic rings. The minimum absolute atomic E-state index is 0.327. The Kier molecular flexibility index (Phi) is 3.74. The third kappa shape index (κ3) is 5.98. The molecule has 0 saturated carbocycles. The van der Waals surface area contributed by atoms with Crippen molar-refractivity contribution in [3.8, 4) is 0 Å². The summed E-state index contributed by atoms with van der Waals surface area (Å²) < 4.78 is 4.10. The quantitative estimate of drug-likeness (QED) is 0.377. The predicted octanol–water partition coefficient (Wildman–Crippen LogP) is -0.194. The summed E-state index contributed by atoms with van der Waals surface area (Å²) in [6, 6.07) is 0. The van der Waals surface area contributed by atoms with Gasteiger partial charge in [-0.3, -0.25) is 9.59 Å². The number of Topliss-reactive ketones (excluding diaryl/α,β-unsaturated/α-hetero) is 1. The molecule has 0 aliphatic carbocycles. The van der Waals surface area contributed by atoms with Crippen LogP contribution in [0, 0.1) is 0 Å². The van der Waals surface area contributed by atoms with Gasteiger partial charge in [0.05, 0.1) is 12.0 Å². The van der Waals surface area contributed by atoms with Crippen molar-refractivity contribution >= 4 is 17.7 Å². The first-order chi connectivity index (χ1) is 5.72. The molecule has 13 heavy (non-hydrogen) atoms. The lowest BCUT2D eigenvalue weighted by atomic mass is 10.1. The second kappa shape index (κ2) is 4.13. The topological polar surface area (TPSA) is 80.7 Å². The highest BCUT2D eigenvalue weighted by Crippen LogP contribution is 2.07. The number of aliphatic hydroxyl groups is 1. The lowest BCUT2D eigenvalue weighted by Crippen LogP contribution is -2.27. The summed E-state index contributed by atoms with van der Waals surface area (Å²) in [5.74, 6) is -2.95. The number of hydrogen-bond donors (Lipinski definition) is 1. The van der Waals surface area contributed by atoms with Gasteiger partial charge in [-0.1, -0.05) is 0 Å². The molecule has 0 amide bonds. The fraction of sp³-hybridized carbons (Fsp3) is 0.625. The molecule has 0 aromatic carbocycles. The molecule has 0 bridgehead atoms. The third-order valence-corrected chi connectivity index (χ3v) is 1.07. The third-order valence-electron chi connectivity index (χ3n) is 1.07. The first-order valence-corrected chi connectivity index (χ1v) is 3.70. The minimum Gasteiger partial charge on any atom is -0.390 e. The van der Waals surface area contributed by atoms with Crippen molar-refractivity contribution in [1.82, 2.24) is 0 Å². The van der Waals surface area contributed by atoms with E-state index in [-0.39, 0.29) is 6.42 Å². The fourth-order valence-electron chi connectivity index (χ4n) is 0.565. The maximum Gasteiger partial charge on any atom is 0.381 e. The highest BCUT2D eigenvalue weighted by molar-refractivity contribution is 6.34. The monoisotopic (exact) mass is 188 g/mol. The van der Waals surface area contributed by atoms with Gasteiger partial charge in [0.25, 0.3) is 0 Å². The molecule has 0 saturated heterocycles. The maximum absolute atomic E-state index is 10.8. The molecule has 5 heteroatoms. The standard InChI is InChI=1S/C8H12O5/c1-5(9)7(11)13-6(10)4-8(2,3)12/h12H,4H2,1-3H3. The zero-order valence-electron chi connectivity index (χ0n) is 7.79. The van der Waals surface area contributed by atoms with Gasteiger partial charge in [-0.15, -0.1) is 0 Å². The van der Waals surface area contributed by atoms with Crippen molar-refractivity contribution in [1.29, 1.82) is 0 Å². The predicted molar refractivity (Wildman–Crippen MR) is 42.7 cm³/mol. The van der Waals surface area contributed by atoms with Crippen molar-refractivity contribution in [2.24, 2.45) is 0 Å². The normalized spacial score (nSPS) is 10.8. The molecule has 0 rings (SSSR count). The van der Waals surface area contributed by atoms with Gasteiger partial charge in [-0.2, -0.15) is 0 Å². The SMILES string of the molecule is CC(=O)C(=O)OC(=O)CC(C)(C)O. The van der Waals surface area contributed by atoms with E-state index in [1.165, 1.54) is 13.8 Å². The molecule has 0 unspecified atom stereocenters. The number of esters is 2. The van der Waals surface area contributed by atoms with Crippen LogP contribution < -0.4 is 0 Å². The zero-order valence-corrected chi connectivity index (χ0v) is 7.79. The second-order valence-electron chi connectivity index (χ2n) is 3.31. The van der Waals surface area contributed by atoms with Crippen molar-refractivity contribution < 1.29 is 24.2 Å². The molecule has 0 fully saturated rings. The molecule has 0 aliphatic heterocycles. The number of hydrogen-bond acceptors (Lipinski definition) is 5. The first kappa shape index (κ1) is 11.8. The van der Waals surface area contributed by atoms with Gasteiger partial charge in [0.15, 0.2) is 0 Å². The van der Waals surface area contributed by atoms with E-state index in [2.05, 4.69) is 4.74 Å². The average Bonchev–Trinajstić information content (AvgIpc) is 1.81. The van der Waals surface area contributed by atoms with Crippen LogP contribution in [0.1, 0.15) is 27.2 Å². The second-order valence-corrected chi connectivity index (χ2v) is 3.31. The molecule has 0 atom stereocenters. The van der Waals surface area contributed by atoms with Crippen molar-refractivity contribution in [2.45, 2.75) is 32.8 Å². The minimum atomic E-state index is -1.24. The van der Waals surface area contributed by atoms with E-state index in [1.54, 1.807) is 0 Å². The summed E-state index contributed by atoms with van der Waals surface area (Å²) in [4.78, 5) is 31.7. The number of ketones is 1. The Morgan fingerprint density at radius 1 is 1.31 bits per heavy atom. The lowest BCUT2D eigenvalue weighted by Gasteiger charge is -2.14. The molecule has 0 radical (unpaired) electrons. The lowest BCUT2D eigenvalue weighted by molar-refractivity contribution is -0.165. The molecule has 0 heterocycles. The number of rotatable bonds is 3. The van der Waals surface area contributed by atoms with E-state index in [0.717, 1.165) is 6.92 Å². The van der Waals surface area contributed by atoms with E-state index >= 15 is 0 Å². The smallest absolute Gasteiger partial charge is 0.381 e. The summed E-state index contributed by atoms with van der Waals surface area (Å²) in [6.07, 6.45) is -0.327. The molecular weight excluding hydrogens is 176 g/mol. The van der Waals surface area contributed by atoms with Crippen LogP contribution >= 0.6 is 0 Å². The van der Waals surface area contributed by atoms with Crippen molar-refractivity contribution in [2.75, 3.05) is 0 Å². The van der Waals surface area contributed by atoms with E-state index in [0.29, 0.717) is 0 Å². The van der Waals surface area contributed by atoms with E-state index in [1.807, 2.05) is 0 Å². The molecule has 1 N–H and O–H groups in total. The molecule has 5 nitrogen and oxygen atoms in total. The Labute approximate surface area is 75.7 Å². The molecule has 0 spiro atoms. The Balaban J connectivity index is 4.04. The van der Waals surface area contributed by atoms with Crippen LogP contribution in [0.3, 0.4) is 0 Å². The summed E-state index contributed by atoms with van der Waals surface area (Å²) in [6.45, 7) is 3.79. The number of ether oxygens (including phenoxy) is 1. The first-order valence-electron chi connectivity index (χ1n) is 3.70. The van der Waals surface area contributed by atoms with Gasteiger partial charge in [0.2, 0.25) is 5.78 Å². The van der Waals surface area contributed by atoms with Crippen LogP contribution in [-0.4, -0.2) is 28.4 Å². The average molecular weight is 188 g/mol. The van der Waals surface area contributed by atoms with Crippen molar-refractivity contribution in [3.05, 3.63) is 0 Å². The highest BCUT2D eigenvalue weighted by atomic mass is 16.6. The van der Waals surface area contributed by atoms with Crippen LogP contribution in [0.15, 0.2) is 0 Å². The van der Waals surface area contributed by atoms with Gasteiger partial charge in [-0.25, -0.2) is 4.79 Å². The van der Waals surface area contributed by atoms with Crippen LogP contribution in [0.5, 0.6) is 0 Å². The summed E-state index contributed by atoms with van der Waals surface area (Å²) in [5, 5.41) is 9.14. The fourth-order valence-corrected chi connectivity index (χ4v) is 0.565. The maximum atomic E-state index is 10.8. The largest absolute Gasteiger partial charge is 0.390 e. The van der Waals surface area contributed by atoms with Gasteiger partial charge in [0.1, 0.15) is 0 Å². The van der Waals surface area contributed by atoms with E-state index in [9.17, 15) is 14.4 Å². The van der Waals surface area contributed by atoms with Crippen LogP contribution in [-0.2, 0) is 19.1 Å². The van der Waals surface area contributed by atoms with E-state index < -0.39 is 23.3 Å². The highest BCUT2D eigenvalue weighted by Gasteiger charge is 2.22. The van der Waals surface area contributed by atoms with Gasteiger partial charge < -0.3 is 9.84 Å². The molecule has 0 aromatic heterocycles. The summed E-state index contributed by atoms with van der Waals surface area (Å²) >= 11 is 0. The zero-order chi connectivity index (χ0) is 10.6. The molecular formula is C8H12O5. The van der Waals surface area contributed by atoms with Gasteiger partial charge in [-0.05, 0) is 13.8 Å². The Morgan fingerprint density at radius 3 is 2.08 bits per heavy atom. The van der Waals surface area contributed by atoms with Gasteiger partial charge in [0, 0.05) is 6.92 Å². The van der Waals surface area contributed by atoms with E-state index in [4.69, 9.17) is 5.11 Å². The summed E-state index contributed by atoms with van der Waals surface area (Å²) in [5.41, 5.74) is -1.24. The summed E-state index contributed by atoms with van der Waals surface area (Å²) in [7, 11) is 0. The van der Waals surface area contributed by atoms with Gasteiger partial charge >= 0.3 is 11.9 Å². The number of carbonyl (C=O) groups excluding carboxylic acids is 3. The van der Waals surface area contributed by atoms with Crippen LogP contribution in [0.2, 0.25) is 0 Å². The van der Waals surface area contributed by atoms with Crippen molar-refractivity contribution in [3.63, 3.8) is 0 Å². The number of carbonyl (C=O) groups is 3. The Morgan fingerprint density at radius 2 is 1.77 bits per heavy atom. The van der Waals surface area contributed by atoms with Crippen LogP contribution in [0.25, 0.3) is 0 Å². The Bertz CT molecular complexity index is 235. The Hall–Kier alpha value is -1.23. The van der Waals surface area contributed by atoms with Crippen LogP contribution in [0.4, 0.5) is 0 Å². The molecule has 74 valence electrons. The molecule has 0 aromatic rings.